The summed E-state index contributed by atoms with van der Waals surface area (Å²) in [6.07, 6.45) is -1.02. The van der Waals surface area contributed by atoms with E-state index >= 15 is 0 Å². The molecule has 3 aromatic rings. The first-order chi connectivity index (χ1) is 12.8. The van der Waals surface area contributed by atoms with Gasteiger partial charge in [-0.15, -0.1) is 0 Å². The molecule has 0 radical (unpaired) electrons. The molecule has 27 heavy (non-hydrogen) atoms. The van der Waals surface area contributed by atoms with Crippen LogP contribution < -0.4 is 10.9 Å². The van der Waals surface area contributed by atoms with Gasteiger partial charge in [-0.25, -0.2) is 4.79 Å². The highest BCUT2D eigenvalue weighted by Gasteiger charge is 2.20. The zero-order chi connectivity index (χ0) is 19.6. The Morgan fingerprint density at radius 3 is 2.56 bits per heavy atom. The van der Waals surface area contributed by atoms with Gasteiger partial charge in [-0.3, -0.25) is 9.59 Å². The molecule has 0 fully saturated rings. The molecule has 0 bridgehead atoms. The van der Waals surface area contributed by atoms with Crippen LogP contribution >= 0.6 is 0 Å². The van der Waals surface area contributed by atoms with E-state index in [2.05, 4.69) is 10.3 Å². The molecule has 1 aromatic heterocycles. The summed E-state index contributed by atoms with van der Waals surface area (Å²) in [5.74, 6) is -1.21. The van der Waals surface area contributed by atoms with Crippen molar-refractivity contribution in [1.82, 2.24) is 4.98 Å². The quantitative estimate of drug-likeness (QED) is 0.695. The molecule has 138 valence electrons. The zero-order valence-corrected chi connectivity index (χ0v) is 15.3. The van der Waals surface area contributed by atoms with E-state index in [-0.39, 0.29) is 11.3 Å². The summed E-state index contributed by atoms with van der Waals surface area (Å²) in [7, 11) is 0. The van der Waals surface area contributed by atoms with Crippen LogP contribution in [-0.4, -0.2) is 23.0 Å². The molecule has 0 saturated heterocycles. The van der Waals surface area contributed by atoms with E-state index in [0.29, 0.717) is 16.5 Å². The van der Waals surface area contributed by atoms with Gasteiger partial charge in [0, 0.05) is 11.1 Å². The monoisotopic (exact) mass is 364 g/mol. The Bertz CT molecular complexity index is 1080. The van der Waals surface area contributed by atoms with Gasteiger partial charge in [0.15, 0.2) is 6.10 Å². The average Bonchev–Trinajstić information content (AvgIpc) is 2.63. The maximum atomic E-state index is 12.3. The van der Waals surface area contributed by atoms with Gasteiger partial charge in [0.1, 0.15) is 5.69 Å². The molecule has 1 heterocycles. The van der Waals surface area contributed by atoms with Gasteiger partial charge in [-0.1, -0.05) is 35.9 Å². The number of benzene rings is 2. The number of aryl methyl sites for hydroxylation is 2. The van der Waals surface area contributed by atoms with Crippen LogP contribution in [0.15, 0.2) is 53.3 Å². The van der Waals surface area contributed by atoms with Crippen molar-refractivity contribution >= 4 is 28.3 Å². The van der Waals surface area contributed by atoms with E-state index < -0.39 is 18.0 Å². The number of carbonyl (C=O) groups is 2. The number of H-pyrrole nitrogens is 1. The largest absolute Gasteiger partial charge is 0.448 e. The molecule has 0 aliphatic rings. The predicted octanol–water partition coefficient (Wildman–Crippen LogP) is 3.33. The topological polar surface area (TPSA) is 88.3 Å². The third-order valence-electron chi connectivity index (χ3n) is 4.27. The number of aromatic nitrogens is 1. The zero-order valence-electron chi connectivity index (χ0n) is 15.3. The van der Waals surface area contributed by atoms with E-state index in [1.54, 1.807) is 30.3 Å². The number of esters is 1. The minimum absolute atomic E-state index is 0.00451. The van der Waals surface area contributed by atoms with Gasteiger partial charge < -0.3 is 15.0 Å². The number of hydrogen-bond donors (Lipinski definition) is 2. The number of hydrogen-bond acceptors (Lipinski definition) is 4. The lowest BCUT2D eigenvalue weighted by Gasteiger charge is -2.15. The van der Waals surface area contributed by atoms with Crippen molar-refractivity contribution in [1.29, 1.82) is 0 Å². The van der Waals surface area contributed by atoms with Gasteiger partial charge in [0.25, 0.3) is 11.5 Å². The fourth-order valence-electron chi connectivity index (χ4n) is 2.79. The Labute approximate surface area is 156 Å². The normalized spacial score (nSPS) is 11.8. The van der Waals surface area contributed by atoms with Gasteiger partial charge in [0.05, 0.1) is 0 Å². The van der Waals surface area contributed by atoms with Gasteiger partial charge in [-0.05, 0) is 49.9 Å². The number of anilines is 1. The molecule has 6 heteroatoms. The van der Waals surface area contributed by atoms with Crippen LogP contribution in [0.5, 0.6) is 0 Å². The number of aromatic amines is 1. The molecule has 3 rings (SSSR count). The molecule has 2 N–H and O–H groups in total. The van der Waals surface area contributed by atoms with E-state index in [4.69, 9.17) is 4.74 Å². The summed E-state index contributed by atoms with van der Waals surface area (Å²) in [6.45, 7) is 5.34. The van der Waals surface area contributed by atoms with E-state index in [0.717, 1.165) is 11.1 Å². The van der Waals surface area contributed by atoms with Crippen LogP contribution in [0.4, 0.5) is 5.69 Å². The number of nitrogens with one attached hydrogen (secondary N) is 2. The lowest BCUT2D eigenvalue weighted by Crippen LogP contribution is -2.31. The predicted molar refractivity (Wildman–Crippen MR) is 104 cm³/mol. The average molecular weight is 364 g/mol. The number of carbonyl (C=O) groups excluding carboxylic acids is 2. The minimum atomic E-state index is -1.02. The summed E-state index contributed by atoms with van der Waals surface area (Å²) in [5.41, 5.74) is 2.29. The second-order valence-electron chi connectivity index (χ2n) is 6.45. The smallest absolute Gasteiger partial charge is 0.355 e. The molecule has 0 spiro atoms. The molecule has 0 aliphatic carbocycles. The molecule has 6 nitrogen and oxygen atoms in total. The SMILES string of the molecule is Cc1ccc(NC(=O)[C@H](C)OC(=O)c2cc3ccccc3c(=O)[nH]2)c(C)c1. The van der Waals surface area contributed by atoms with Crippen LogP contribution in [0.1, 0.15) is 28.5 Å². The standard InChI is InChI=1S/C21H20N2O4/c1-12-8-9-17(13(2)10-12)22-19(24)14(3)27-21(26)18-11-15-6-4-5-7-16(15)20(25)23-18/h4-11,14H,1-3H3,(H,22,24)(H,23,25)/t14-/m0/s1. The van der Waals surface area contributed by atoms with Crippen molar-refractivity contribution in [3.8, 4) is 0 Å². The third kappa shape index (κ3) is 4.06. The lowest BCUT2D eigenvalue weighted by molar-refractivity contribution is -0.123. The minimum Gasteiger partial charge on any atom is -0.448 e. The van der Waals surface area contributed by atoms with E-state index in [1.165, 1.54) is 13.0 Å². The molecule has 0 saturated carbocycles. The Morgan fingerprint density at radius 2 is 1.81 bits per heavy atom. The molecule has 1 atom stereocenters. The van der Waals surface area contributed by atoms with Crippen LogP contribution in [0.3, 0.4) is 0 Å². The number of pyridine rings is 1. The van der Waals surface area contributed by atoms with Crippen molar-refractivity contribution in [3.63, 3.8) is 0 Å². The summed E-state index contributed by atoms with van der Waals surface area (Å²) in [4.78, 5) is 39.3. The second kappa shape index (κ2) is 7.45. The lowest BCUT2D eigenvalue weighted by atomic mass is 10.1. The second-order valence-corrected chi connectivity index (χ2v) is 6.45. The Morgan fingerprint density at radius 1 is 1.07 bits per heavy atom. The van der Waals surface area contributed by atoms with E-state index in [1.807, 2.05) is 26.0 Å². The maximum Gasteiger partial charge on any atom is 0.355 e. The molecular formula is C21H20N2O4. The number of fused-ring (bicyclic) bond motifs is 1. The summed E-state index contributed by atoms with van der Waals surface area (Å²) >= 11 is 0. The molecular weight excluding hydrogens is 344 g/mol. The number of rotatable bonds is 4. The Kier molecular flexibility index (Phi) is 5.07. The van der Waals surface area contributed by atoms with E-state index in [9.17, 15) is 14.4 Å². The highest BCUT2D eigenvalue weighted by molar-refractivity contribution is 5.98. The van der Waals surface area contributed by atoms with Gasteiger partial charge in [0.2, 0.25) is 0 Å². The fourth-order valence-corrected chi connectivity index (χ4v) is 2.79. The van der Waals surface area contributed by atoms with Crippen molar-refractivity contribution in [2.45, 2.75) is 26.9 Å². The third-order valence-corrected chi connectivity index (χ3v) is 4.27. The highest BCUT2D eigenvalue weighted by atomic mass is 16.5. The Balaban J connectivity index is 1.73. The van der Waals surface area contributed by atoms with Crippen LogP contribution in [0, 0.1) is 13.8 Å². The van der Waals surface area contributed by atoms with Crippen molar-refractivity contribution in [2.24, 2.45) is 0 Å². The first-order valence-electron chi connectivity index (χ1n) is 8.56. The maximum absolute atomic E-state index is 12.3. The first kappa shape index (κ1) is 18.4. The fraction of sp³-hybridized carbons (Fsp3) is 0.190. The van der Waals surface area contributed by atoms with Crippen LogP contribution in [0.25, 0.3) is 10.8 Å². The highest BCUT2D eigenvalue weighted by Crippen LogP contribution is 2.17. The molecule has 2 aromatic carbocycles. The molecule has 1 amide bonds. The first-order valence-corrected chi connectivity index (χ1v) is 8.56. The van der Waals surface area contributed by atoms with Crippen LogP contribution in [0.2, 0.25) is 0 Å². The van der Waals surface area contributed by atoms with Gasteiger partial charge in [-0.2, -0.15) is 0 Å². The summed E-state index contributed by atoms with van der Waals surface area (Å²) < 4.78 is 5.22. The van der Waals surface area contributed by atoms with Crippen molar-refractivity contribution in [3.05, 3.63) is 75.7 Å². The Hall–Kier alpha value is -3.41. The summed E-state index contributed by atoms with van der Waals surface area (Å²) in [5, 5.41) is 3.85. The molecule has 0 aliphatic heterocycles. The van der Waals surface area contributed by atoms with Gasteiger partial charge >= 0.3 is 5.97 Å². The summed E-state index contributed by atoms with van der Waals surface area (Å²) in [6, 6.07) is 14.1. The molecule has 0 unspecified atom stereocenters. The number of amides is 1. The van der Waals surface area contributed by atoms with Crippen LogP contribution in [-0.2, 0) is 9.53 Å². The van der Waals surface area contributed by atoms with Crippen molar-refractivity contribution in [2.75, 3.05) is 5.32 Å². The van der Waals surface area contributed by atoms with Crippen molar-refractivity contribution < 1.29 is 14.3 Å². The number of ether oxygens (including phenoxy) is 1.